The van der Waals surface area contributed by atoms with Crippen LogP contribution in [0.25, 0.3) is 10.9 Å². The lowest BCUT2D eigenvalue weighted by atomic mass is 10.2. The van der Waals surface area contributed by atoms with Crippen LogP contribution in [-0.2, 0) is 4.74 Å². The molecule has 0 N–H and O–H groups in total. The highest BCUT2D eigenvalue weighted by Crippen LogP contribution is 2.26. The van der Waals surface area contributed by atoms with E-state index < -0.39 is 0 Å². The highest BCUT2D eigenvalue weighted by Gasteiger charge is 2.18. The van der Waals surface area contributed by atoms with E-state index in [1.807, 2.05) is 10.9 Å². The average Bonchev–Trinajstić information content (AvgIpc) is 2.73. The Balaban J connectivity index is 2.03. The molecule has 1 atom stereocenters. The normalized spacial score (nSPS) is 21.4. The summed E-state index contributed by atoms with van der Waals surface area (Å²) in [5, 5.41) is 5.64. The molecule has 0 aliphatic carbocycles. The molecule has 2 heterocycles. The highest BCUT2D eigenvalue weighted by atomic mass is 127. The van der Waals surface area contributed by atoms with E-state index in [0.29, 0.717) is 0 Å². The second-order valence-corrected chi connectivity index (χ2v) is 5.36. The maximum absolute atomic E-state index is 5.76. The minimum absolute atomic E-state index is 0.131. The molecule has 0 amide bonds. The van der Waals surface area contributed by atoms with Crippen molar-refractivity contribution in [2.24, 2.45) is 0 Å². The number of ether oxygens (including phenoxy) is 1. The minimum Gasteiger partial charge on any atom is -0.356 e. The van der Waals surface area contributed by atoms with Gasteiger partial charge >= 0.3 is 0 Å². The van der Waals surface area contributed by atoms with E-state index in [4.69, 9.17) is 4.74 Å². The van der Waals surface area contributed by atoms with Crippen LogP contribution >= 0.6 is 22.6 Å². The Morgan fingerprint density at radius 3 is 3.12 bits per heavy atom. The van der Waals surface area contributed by atoms with Crippen LogP contribution < -0.4 is 0 Å². The molecule has 1 aromatic carbocycles. The summed E-state index contributed by atoms with van der Waals surface area (Å²) in [6.07, 6.45) is 5.54. The molecule has 1 fully saturated rings. The molecule has 0 bridgehead atoms. The molecule has 84 valence electrons. The van der Waals surface area contributed by atoms with Gasteiger partial charge in [0.2, 0.25) is 0 Å². The second-order valence-electron chi connectivity index (χ2n) is 4.11. The number of hydrogen-bond donors (Lipinski definition) is 0. The number of fused-ring (bicyclic) bond motifs is 1. The first kappa shape index (κ1) is 10.5. The zero-order valence-electron chi connectivity index (χ0n) is 8.90. The Kier molecular flexibility index (Phi) is 2.85. The third-order valence-electron chi connectivity index (χ3n) is 2.99. The smallest absolute Gasteiger partial charge is 0.150 e. The van der Waals surface area contributed by atoms with E-state index in [9.17, 15) is 0 Å². The summed E-state index contributed by atoms with van der Waals surface area (Å²) in [5.74, 6) is 0. The van der Waals surface area contributed by atoms with E-state index >= 15 is 0 Å². The molecule has 1 aromatic heterocycles. The van der Waals surface area contributed by atoms with Crippen molar-refractivity contribution in [1.29, 1.82) is 0 Å². The Bertz CT molecular complexity index is 503. The number of rotatable bonds is 1. The van der Waals surface area contributed by atoms with Gasteiger partial charge in [0.05, 0.1) is 11.7 Å². The lowest BCUT2D eigenvalue weighted by Crippen LogP contribution is -2.18. The average molecular weight is 328 g/mol. The number of halogens is 1. The summed E-state index contributed by atoms with van der Waals surface area (Å²) < 4.78 is 9.02. The summed E-state index contributed by atoms with van der Waals surface area (Å²) in [5.41, 5.74) is 1.17. The van der Waals surface area contributed by atoms with Gasteiger partial charge in [-0.25, -0.2) is 4.68 Å². The summed E-state index contributed by atoms with van der Waals surface area (Å²) in [7, 11) is 0. The van der Waals surface area contributed by atoms with Crippen molar-refractivity contribution >= 4 is 33.5 Å². The highest BCUT2D eigenvalue weighted by molar-refractivity contribution is 14.1. The Hall–Kier alpha value is -0.620. The summed E-state index contributed by atoms with van der Waals surface area (Å²) in [6.45, 7) is 0.858. The van der Waals surface area contributed by atoms with Crippen LogP contribution in [0.5, 0.6) is 0 Å². The summed E-state index contributed by atoms with van der Waals surface area (Å²) in [6, 6.07) is 6.40. The van der Waals surface area contributed by atoms with Gasteiger partial charge in [0.15, 0.2) is 6.23 Å². The topological polar surface area (TPSA) is 27.1 Å². The molecule has 2 aromatic rings. The van der Waals surface area contributed by atoms with Gasteiger partial charge in [0, 0.05) is 15.6 Å². The van der Waals surface area contributed by atoms with Gasteiger partial charge in [-0.15, -0.1) is 0 Å². The van der Waals surface area contributed by atoms with Crippen LogP contribution in [0.4, 0.5) is 0 Å². The van der Waals surface area contributed by atoms with Crippen molar-refractivity contribution in [3.8, 4) is 0 Å². The fourth-order valence-electron chi connectivity index (χ4n) is 2.17. The van der Waals surface area contributed by atoms with Crippen molar-refractivity contribution in [3.05, 3.63) is 28.0 Å². The number of aromatic nitrogens is 2. The largest absolute Gasteiger partial charge is 0.356 e. The molecular weight excluding hydrogens is 315 g/mol. The Morgan fingerprint density at radius 2 is 2.31 bits per heavy atom. The number of nitrogens with zero attached hydrogens (tertiary/aromatic N) is 2. The lowest BCUT2D eigenvalue weighted by Gasteiger charge is -2.23. The standard InChI is InChI=1S/C12H13IN2O/c13-10-4-5-11-9(7-10)8-14-15(11)12-3-1-2-6-16-12/h4-5,7-8,12H,1-3,6H2/t12-/m1/s1. The van der Waals surface area contributed by atoms with E-state index in [1.165, 1.54) is 27.3 Å². The van der Waals surface area contributed by atoms with Crippen LogP contribution in [0, 0.1) is 3.57 Å². The van der Waals surface area contributed by atoms with Gasteiger partial charge in [-0.3, -0.25) is 0 Å². The molecule has 0 spiro atoms. The third kappa shape index (κ3) is 1.84. The van der Waals surface area contributed by atoms with Crippen molar-refractivity contribution in [2.45, 2.75) is 25.5 Å². The van der Waals surface area contributed by atoms with Gasteiger partial charge in [-0.05, 0) is 60.1 Å². The zero-order valence-corrected chi connectivity index (χ0v) is 11.1. The molecule has 16 heavy (non-hydrogen) atoms. The summed E-state index contributed by atoms with van der Waals surface area (Å²) >= 11 is 2.32. The molecule has 1 saturated heterocycles. The molecule has 3 rings (SSSR count). The Morgan fingerprint density at radius 1 is 1.38 bits per heavy atom. The van der Waals surface area contributed by atoms with Crippen LogP contribution in [0.2, 0.25) is 0 Å². The van der Waals surface area contributed by atoms with Crippen LogP contribution in [0.3, 0.4) is 0 Å². The van der Waals surface area contributed by atoms with Crippen LogP contribution in [0.1, 0.15) is 25.5 Å². The fourth-order valence-corrected chi connectivity index (χ4v) is 2.69. The fraction of sp³-hybridized carbons (Fsp3) is 0.417. The molecular formula is C12H13IN2O. The lowest BCUT2D eigenvalue weighted by molar-refractivity contribution is -0.0366. The monoisotopic (exact) mass is 328 g/mol. The van der Waals surface area contributed by atoms with Gasteiger partial charge < -0.3 is 4.74 Å². The number of benzene rings is 1. The third-order valence-corrected chi connectivity index (χ3v) is 3.66. The first-order valence-electron chi connectivity index (χ1n) is 5.59. The summed E-state index contributed by atoms with van der Waals surface area (Å²) in [4.78, 5) is 0. The van der Waals surface area contributed by atoms with E-state index in [2.05, 4.69) is 45.9 Å². The van der Waals surface area contributed by atoms with Crippen LogP contribution in [-0.4, -0.2) is 16.4 Å². The molecule has 1 aliphatic heterocycles. The molecule has 4 heteroatoms. The van der Waals surface area contributed by atoms with Crippen molar-refractivity contribution < 1.29 is 4.74 Å². The number of hydrogen-bond acceptors (Lipinski definition) is 2. The van der Waals surface area contributed by atoms with Crippen molar-refractivity contribution in [1.82, 2.24) is 9.78 Å². The van der Waals surface area contributed by atoms with Crippen LogP contribution in [0.15, 0.2) is 24.4 Å². The maximum Gasteiger partial charge on any atom is 0.150 e. The predicted octanol–water partition coefficient (Wildman–Crippen LogP) is 3.34. The van der Waals surface area contributed by atoms with E-state index in [-0.39, 0.29) is 6.23 Å². The van der Waals surface area contributed by atoms with E-state index in [0.717, 1.165) is 13.0 Å². The first-order chi connectivity index (χ1) is 7.84. The SMILES string of the molecule is Ic1ccc2c(cnn2[C@H]2CCCCO2)c1. The zero-order chi connectivity index (χ0) is 11.0. The Labute approximate surface area is 108 Å². The minimum atomic E-state index is 0.131. The van der Waals surface area contributed by atoms with Gasteiger partial charge in [-0.1, -0.05) is 0 Å². The van der Waals surface area contributed by atoms with Gasteiger partial charge in [0.1, 0.15) is 0 Å². The maximum atomic E-state index is 5.76. The van der Waals surface area contributed by atoms with Gasteiger partial charge in [0.25, 0.3) is 0 Å². The molecule has 0 radical (unpaired) electrons. The van der Waals surface area contributed by atoms with Crippen molar-refractivity contribution in [3.63, 3.8) is 0 Å². The van der Waals surface area contributed by atoms with Crippen molar-refractivity contribution in [2.75, 3.05) is 6.61 Å². The quantitative estimate of drug-likeness (QED) is 0.751. The van der Waals surface area contributed by atoms with Gasteiger partial charge in [-0.2, -0.15) is 5.10 Å². The molecule has 1 aliphatic rings. The first-order valence-corrected chi connectivity index (χ1v) is 6.67. The molecule has 0 saturated carbocycles. The van der Waals surface area contributed by atoms with E-state index in [1.54, 1.807) is 0 Å². The molecule has 0 unspecified atom stereocenters. The predicted molar refractivity (Wildman–Crippen MR) is 71.3 cm³/mol. The molecule has 3 nitrogen and oxygen atoms in total. The second kappa shape index (κ2) is 4.33.